The molecule has 19 heavy (non-hydrogen) atoms. The first kappa shape index (κ1) is 10.8. The molecule has 0 aromatic heterocycles. The summed E-state index contributed by atoms with van der Waals surface area (Å²) < 4.78 is 0. The Labute approximate surface area is 113 Å². The third-order valence-corrected chi connectivity index (χ3v) is 4.36. The average molecular weight is 243 g/mol. The second kappa shape index (κ2) is 3.48. The van der Waals surface area contributed by atoms with Crippen molar-refractivity contribution in [3.8, 4) is 11.1 Å². The Balaban J connectivity index is 2.15. The molecule has 0 atom stereocenters. The lowest BCUT2D eigenvalue weighted by Crippen LogP contribution is -2.14. The lowest BCUT2D eigenvalue weighted by molar-refractivity contribution is 0.661. The van der Waals surface area contributed by atoms with E-state index >= 15 is 0 Å². The normalized spacial score (nSPS) is 15.3. The summed E-state index contributed by atoms with van der Waals surface area (Å²) in [7, 11) is 0. The summed E-state index contributed by atoms with van der Waals surface area (Å²) in [6, 6.07) is 23.0. The van der Waals surface area contributed by atoms with Gasteiger partial charge < -0.3 is 0 Å². The minimum Gasteiger partial charge on any atom is -0.0616 e. The summed E-state index contributed by atoms with van der Waals surface area (Å²) >= 11 is 0. The zero-order valence-electron chi connectivity index (χ0n) is 11.2. The predicted octanol–water partition coefficient (Wildman–Crippen LogP) is 4.95. The molecule has 0 aliphatic heterocycles. The summed E-state index contributed by atoms with van der Waals surface area (Å²) in [4.78, 5) is 0. The van der Waals surface area contributed by atoms with Crippen LogP contribution in [0.25, 0.3) is 21.9 Å². The predicted molar refractivity (Wildman–Crippen MR) is 80.3 cm³/mol. The van der Waals surface area contributed by atoms with Crippen molar-refractivity contribution in [1.82, 2.24) is 0 Å². The minimum atomic E-state index is 0.0759. The van der Waals surface area contributed by atoms with E-state index in [1.165, 1.54) is 33.0 Å². The summed E-state index contributed by atoms with van der Waals surface area (Å²) in [5.74, 6) is 0. The number of hydrogen-bond donors (Lipinski definition) is 0. The third kappa shape index (κ3) is 1.34. The lowest BCUT2D eigenvalue weighted by atomic mass is 9.82. The molecule has 0 saturated heterocycles. The fourth-order valence-corrected chi connectivity index (χ4v) is 3.29. The van der Waals surface area contributed by atoms with Crippen LogP contribution < -0.4 is 0 Å². The van der Waals surface area contributed by atoms with Gasteiger partial charge in [0.15, 0.2) is 0 Å². The molecule has 91 valence electrons. The topological polar surface area (TPSA) is 0 Å². The van der Waals surface area contributed by atoms with Crippen molar-refractivity contribution in [3.05, 3.63) is 71.8 Å². The Hall–Kier alpha value is -2.08. The molecule has 0 bridgehead atoms. The van der Waals surface area contributed by atoms with Crippen LogP contribution in [-0.2, 0) is 5.41 Å². The van der Waals surface area contributed by atoms with Crippen LogP contribution in [0.3, 0.4) is 0 Å². The molecule has 3 aromatic carbocycles. The van der Waals surface area contributed by atoms with Gasteiger partial charge in [-0.15, -0.1) is 0 Å². The van der Waals surface area contributed by atoms with E-state index in [2.05, 4.69) is 68.4 Å². The van der Waals surface area contributed by atoms with Crippen molar-refractivity contribution in [3.63, 3.8) is 0 Å². The molecule has 3 aromatic rings. The van der Waals surface area contributed by atoms with Gasteiger partial charge in [-0.1, -0.05) is 56.3 Å². The highest BCUT2D eigenvalue weighted by atomic mass is 14.4. The van der Waals surface area contributed by atoms with Crippen LogP contribution >= 0.6 is 0 Å². The molecule has 0 heterocycles. The third-order valence-electron chi connectivity index (χ3n) is 4.36. The highest BCUT2D eigenvalue weighted by Gasteiger charge is 2.35. The standard InChI is InChI=1S/C19H15/c1-19(2)17-10-6-5-9-15(17)16-11-13-7-3-4-8-14(13)12-18(16)19/h3-8,10-12H,1-2H3. The Bertz CT molecular complexity index is 794. The number of rotatable bonds is 0. The largest absolute Gasteiger partial charge is 0.0616 e. The van der Waals surface area contributed by atoms with Crippen LogP contribution in [0.15, 0.2) is 54.6 Å². The van der Waals surface area contributed by atoms with Gasteiger partial charge >= 0.3 is 0 Å². The van der Waals surface area contributed by atoms with E-state index in [0.29, 0.717) is 0 Å². The molecule has 0 nitrogen and oxygen atoms in total. The van der Waals surface area contributed by atoms with E-state index in [0.717, 1.165) is 0 Å². The van der Waals surface area contributed by atoms with Gasteiger partial charge in [0, 0.05) is 5.41 Å². The minimum absolute atomic E-state index is 0.0759. The van der Waals surface area contributed by atoms with Gasteiger partial charge in [-0.3, -0.25) is 0 Å². The Kier molecular flexibility index (Phi) is 1.98. The van der Waals surface area contributed by atoms with Gasteiger partial charge in [-0.05, 0) is 51.2 Å². The molecule has 0 N–H and O–H groups in total. The van der Waals surface area contributed by atoms with Crippen molar-refractivity contribution in [1.29, 1.82) is 0 Å². The molecule has 0 fully saturated rings. The lowest BCUT2D eigenvalue weighted by Gasteiger charge is -2.21. The maximum absolute atomic E-state index is 3.43. The van der Waals surface area contributed by atoms with Crippen LogP contribution in [0.5, 0.6) is 0 Å². The van der Waals surface area contributed by atoms with Gasteiger partial charge in [0.25, 0.3) is 0 Å². The zero-order valence-corrected chi connectivity index (χ0v) is 11.2. The number of fused-ring (bicyclic) bond motifs is 4. The molecule has 0 amide bonds. The van der Waals surface area contributed by atoms with Crippen LogP contribution in [0.2, 0.25) is 0 Å². The van der Waals surface area contributed by atoms with Crippen LogP contribution in [0.1, 0.15) is 25.0 Å². The molecule has 1 aliphatic rings. The zero-order chi connectivity index (χ0) is 13.0. The van der Waals surface area contributed by atoms with Crippen molar-refractivity contribution in [2.75, 3.05) is 0 Å². The van der Waals surface area contributed by atoms with Gasteiger partial charge in [0.2, 0.25) is 0 Å². The van der Waals surface area contributed by atoms with E-state index in [-0.39, 0.29) is 5.41 Å². The van der Waals surface area contributed by atoms with Crippen LogP contribution in [0.4, 0.5) is 0 Å². The summed E-state index contributed by atoms with van der Waals surface area (Å²) in [5.41, 5.74) is 5.50. The summed E-state index contributed by atoms with van der Waals surface area (Å²) in [6.45, 7) is 4.61. The molecular formula is C19H15. The molecule has 1 aliphatic carbocycles. The second-order valence-electron chi connectivity index (χ2n) is 5.83. The van der Waals surface area contributed by atoms with Gasteiger partial charge in [-0.25, -0.2) is 0 Å². The summed E-state index contributed by atoms with van der Waals surface area (Å²) in [5, 5.41) is 2.63. The van der Waals surface area contributed by atoms with Crippen LogP contribution in [0, 0.1) is 6.07 Å². The first-order valence-electron chi connectivity index (χ1n) is 6.73. The van der Waals surface area contributed by atoms with E-state index in [1.807, 2.05) is 6.07 Å². The second-order valence-corrected chi connectivity index (χ2v) is 5.83. The molecule has 0 saturated carbocycles. The Morgan fingerprint density at radius 1 is 0.842 bits per heavy atom. The highest BCUT2D eigenvalue weighted by Crippen LogP contribution is 2.49. The summed E-state index contributed by atoms with van der Waals surface area (Å²) in [6.07, 6.45) is 0. The fourth-order valence-electron chi connectivity index (χ4n) is 3.29. The van der Waals surface area contributed by atoms with Crippen molar-refractivity contribution in [2.45, 2.75) is 19.3 Å². The number of hydrogen-bond acceptors (Lipinski definition) is 0. The first-order chi connectivity index (χ1) is 9.18. The van der Waals surface area contributed by atoms with Gasteiger partial charge in [0.1, 0.15) is 0 Å². The number of benzene rings is 3. The van der Waals surface area contributed by atoms with E-state index < -0.39 is 0 Å². The van der Waals surface area contributed by atoms with Gasteiger partial charge in [0.05, 0.1) is 0 Å². The monoisotopic (exact) mass is 243 g/mol. The molecular weight excluding hydrogens is 228 g/mol. The maximum Gasteiger partial charge on any atom is 0.0159 e. The van der Waals surface area contributed by atoms with Crippen molar-refractivity contribution in [2.24, 2.45) is 0 Å². The highest BCUT2D eigenvalue weighted by molar-refractivity contribution is 5.93. The van der Waals surface area contributed by atoms with E-state index in [9.17, 15) is 0 Å². The Morgan fingerprint density at radius 2 is 1.58 bits per heavy atom. The molecule has 0 heteroatoms. The fraction of sp³-hybridized carbons (Fsp3) is 0.158. The average Bonchev–Trinajstić information content (AvgIpc) is 2.66. The first-order valence-corrected chi connectivity index (χ1v) is 6.73. The van der Waals surface area contributed by atoms with Crippen LogP contribution in [-0.4, -0.2) is 0 Å². The molecule has 0 unspecified atom stereocenters. The maximum atomic E-state index is 3.43. The SMILES string of the molecule is CC1(C)c2ccc[c]c2-c2cc3ccccc3cc21. The van der Waals surface area contributed by atoms with E-state index in [1.54, 1.807) is 0 Å². The smallest absolute Gasteiger partial charge is 0.0159 e. The Morgan fingerprint density at radius 3 is 2.37 bits per heavy atom. The van der Waals surface area contributed by atoms with Crippen molar-refractivity contribution >= 4 is 10.8 Å². The molecule has 0 spiro atoms. The quantitative estimate of drug-likeness (QED) is 0.524. The van der Waals surface area contributed by atoms with E-state index in [4.69, 9.17) is 0 Å². The molecule has 1 radical (unpaired) electrons. The van der Waals surface area contributed by atoms with Gasteiger partial charge in [-0.2, -0.15) is 0 Å². The van der Waals surface area contributed by atoms with Crippen molar-refractivity contribution < 1.29 is 0 Å². The molecule has 4 rings (SSSR count).